The fourth-order valence-corrected chi connectivity index (χ4v) is 3.45. The van der Waals surface area contributed by atoms with Crippen molar-refractivity contribution in [1.29, 1.82) is 0 Å². The maximum Gasteiger partial charge on any atom is 0.270 e. The smallest absolute Gasteiger partial charge is 0.270 e. The third kappa shape index (κ3) is 2.77. The van der Waals surface area contributed by atoms with E-state index in [9.17, 15) is 4.79 Å². The predicted molar refractivity (Wildman–Crippen MR) is 93.0 cm³/mol. The van der Waals surface area contributed by atoms with E-state index in [1.807, 2.05) is 18.3 Å². The molecule has 2 aromatic heterocycles. The van der Waals surface area contributed by atoms with Gasteiger partial charge in [0.1, 0.15) is 12.0 Å². The standard InChI is InChI=1S/C19H20N4O/c24-19(18-15-6-2-4-8-17(15)22-12-23-18)20-10-9-13-11-21-16-7-3-1-5-14(13)16/h1,3,5,7,11-12,21H,2,4,6,8-10H2,(H,20,24). The Balaban J connectivity index is 1.44. The van der Waals surface area contributed by atoms with Crippen LogP contribution >= 0.6 is 0 Å². The molecule has 0 atom stereocenters. The van der Waals surface area contributed by atoms with Crippen molar-refractivity contribution in [2.24, 2.45) is 0 Å². The van der Waals surface area contributed by atoms with Crippen LogP contribution in [0.25, 0.3) is 10.9 Å². The molecule has 5 nitrogen and oxygen atoms in total. The van der Waals surface area contributed by atoms with Crippen LogP contribution in [0.1, 0.15) is 40.2 Å². The minimum Gasteiger partial charge on any atom is -0.361 e. The van der Waals surface area contributed by atoms with E-state index < -0.39 is 0 Å². The predicted octanol–water partition coefficient (Wildman–Crippen LogP) is 2.81. The second kappa shape index (κ2) is 6.43. The van der Waals surface area contributed by atoms with Crippen LogP contribution < -0.4 is 5.32 Å². The van der Waals surface area contributed by atoms with Gasteiger partial charge in [-0.25, -0.2) is 9.97 Å². The molecule has 122 valence electrons. The van der Waals surface area contributed by atoms with Crippen molar-refractivity contribution in [2.75, 3.05) is 6.54 Å². The highest BCUT2D eigenvalue weighted by Gasteiger charge is 2.19. The minimum atomic E-state index is -0.0876. The van der Waals surface area contributed by atoms with Gasteiger partial charge in [-0.1, -0.05) is 18.2 Å². The summed E-state index contributed by atoms with van der Waals surface area (Å²) >= 11 is 0. The van der Waals surface area contributed by atoms with Gasteiger partial charge in [0.25, 0.3) is 5.91 Å². The highest BCUT2D eigenvalue weighted by molar-refractivity contribution is 5.94. The summed E-state index contributed by atoms with van der Waals surface area (Å²) in [7, 11) is 0. The van der Waals surface area contributed by atoms with Gasteiger partial charge in [0.05, 0.1) is 0 Å². The van der Waals surface area contributed by atoms with E-state index in [1.54, 1.807) is 0 Å². The maximum atomic E-state index is 12.5. The first-order chi connectivity index (χ1) is 11.8. The lowest BCUT2D eigenvalue weighted by Crippen LogP contribution is -2.28. The van der Waals surface area contributed by atoms with Crippen LogP contribution in [0.15, 0.2) is 36.8 Å². The number of para-hydroxylation sites is 1. The van der Waals surface area contributed by atoms with Crippen molar-refractivity contribution < 1.29 is 4.79 Å². The van der Waals surface area contributed by atoms with Crippen LogP contribution in [0.4, 0.5) is 0 Å². The van der Waals surface area contributed by atoms with Crippen LogP contribution in [-0.2, 0) is 19.3 Å². The Bertz CT molecular complexity index is 884. The molecule has 0 aliphatic heterocycles. The van der Waals surface area contributed by atoms with E-state index in [0.717, 1.165) is 48.9 Å². The molecule has 0 saturated carbocycles. The number of hydrogen-bond acceptors (Lipinski definition) is 3. The summed E-state index contributed by atoms with van der Waals surface area (Å²) in [5.74, 6) is -0.0876. The lowest BCUT2D eigenvalue weighted by Gasteiger charge is -2.16. The van der Waals surface area contributed by atoms with E-state index in [4.69, 9.17) is 0 Å². The van der Waals surface area contributed by atoms with E-state index in [1.165, 1.54) is 17.3 Å². The van der Waals surface area contributed by atoms with Gasteiger partial charge >= 0.3 is 0 Å². The molecule has 1 aliphatic rings. The summed E-state index contributed by atoms with van der Waals surface area (Å²) in [5.41, 5.74) is 4.98. The molecule has 24 heavy (non-hydrogen) atoms. The van der Waals surface area contributed by atoms with Gasteiger partial charge in [-0.05, 0) is 43.7 Å². The third-order valence-electron chi connectivity index (χ3n) is 4.69. The highest BCUT2D eigenvalue weighted by Crippen LogP contribution is 2.21. The topological polar surface area (TPSA) is 70.7 Å². The molecule has 0 fully saturated rings. The van der Waals surface area contributed by atoms with Crippen molar-refractivity contribution in [1.82, 2.24) is 20.3 Å². The number of nitrogens with one attached hydrogen (secondary N) is 2. The first-order valence-corrected chi connectivity index (χ1v) is 8.49. The Morgan fingerprint density at radius 3 is 3.00 bits per heavy atom. The Morgan fingerprint density at radius 2 is 2.04 bits per heavy atom. The average molecular weight is 320 g/mol. The quantitative estimate of drug-likeness (QED) is 0.776. The summed E-state index contributed by atoms with van der Waals surface area (Å²) in [5, 5.41) is 4.22. The number of H-pyrrole nitrogens is 1. The minimum absolute atomic E-state index is 0.0876. The molecular formula is C19H20N4O. The Morgan fingerprint density at radius 1 is 1.17 bits per heavy atom. The van der Waals surface area contributed by atoms with Gasteiger partial charge in [0.2, 0.25) is 0 Å². The number of carbonyl (C=O) groups excluding carboxylic acids is 1. The van der Waals surface area contributed by atoms with Gasteiger partial charge in [-0.15, -0.1) is 0 Å². The van der Waals surface area contributed by atoms with Crippen molar-refractivity contribution in [2.45, 2.75) is 32.1 Å². The van der Waals surface area contributed by atoms with Gasteiger partial charge < -0.3 is 10.3 Å². The summed E-state index contributed by atoms with van der Waals surface area (Å²) in [4.78, 5) is 24.3. The summed E-state index contributed by atoms with van der Waals surface area (Å²) in [6, 6.07) is 8.21. The molecule has 0 saturated heterocycles. The molecule has 0 bridgehead atoms. The molecule has 0 radical (unpaired) electrons. The molecule has 1 amide bonds. The molecular weight excluding hydrogens is 300 g/mol. The largest absolute Gasteiger partial charge is 0.361 e. The number of rotatable bonds is 4. The number of benzene rings is 1. The fraction of sp³-hybridized carbons (Fsp3) is 0.316. The van der Waals surface area contributed by atoms with Crippen LogP contribution in [0.2, 0.25) is 0 Å². The van der Waals surface area contributed by atoms with Gasteiger partial charge in [0, 0.05) is 34.9 Å². The van der Waals surface area contributed by atoms with E-state index in [0.29, 0.717) is 12.2 Å². The number of hydrogen-bond donors (Lipinski definition) is 2. The normalized spacial score (nSPS) is 13.7. The van der Waals surface area contributed by atoms with Crippen LogP contribution in [-0.4, -0.2) is 27.4 Å². The Labute approximate surface area is 140 Å². The van der Waals surface area contributed by atoms with E-state index in [-0.39, 0.29) is 5.91 Å². The van der Waals surface area contributed by atoms with Crippen molar-refractivity contribution >= 4 is 16.8 Å². The fourth-order valence-electron chi connectivity index (χ4n) is 3.45. The van der Waals surface area contributed by atoms with E-state index >= 15 is 0 Å². The summed E-state index contributed by atoms with van der Waals surface area (Å²) in [6.45, 7) is 0.597. The van der Waals surface area contributed by atoms with Crippen molar-refractivity contribution in [3.63, 3.8) is 0 Å². The molecule has 2 N–H and O–H groups in total. The second-order valence-electron chi connectivity index (χ2n) is 6.22. The van der Waals surface area contributed by atoms with Gasteiger partial charge in [-0.3, -0.25) is 4.79 Å². The molecule has 5 heteroatoms. The number of nitrogens with zero attached hydrogens (tertiary/aromatic N) is 2. The maximum absolute atomic E-state index is 12.5. The second-order valence-corrected chi connectivity index (χ2v) is 6.22. The zero-order chi connectivity index (χ0) is 16.4. The summed E-state index contributed by atoms with van der Waals surface area (Å²) < 4.78 is 0. The molecule has 4 rings (SSSR count). The van der Waals surface area contributed by atoms with Gasteiger partial charge in [-0.2, -0.15) is 0 Å². The van der Waals surface area contributed by atoms with Crippen LogP contribution in [0, 0.1) is 0 Å². The lowest BCUT2D eigenvalue weighted by molar-refractivity contribution is 0.0947. The number of aromatic nitrogens is 3. The first-order valence-electron chi connectivity index (χ1n) is 8.49. The van der Waals surface area contributed by atoms with Crippen molar-refractivity contribution in [3.05, 3.63) is 59.3 Å². The van der Waals surface area contributed by atoms with E-state index in [2.05, 4.69) is 32.4 Å². The lowest BCUT2D eigenvalue weighted by atomic mass is 9.94. The number of amides is 1. The molecule has 3 aromatic rings. The summed E-state index contributed by atoms with van der Waals surface area (Å²) in [6.07, 6.45) is 8.43. The van der Waals surface area contributed by atoms with Gasteiger partial charge in [0.15, 0.2) is 0 Å². The molecule has 1 aromatic carbocycles. The van der Waals surface area contributed by atoms with Crippen LogP contribution in [0.5, 0.6) is 0 Å². The first kappa shape index (κ1) is 14.9. The Hall–Kier alpha value is -2.69. The number of fused-ring (bicyclic) bond motifs is 2. The molecule has 0 unspecified atom stereocenters. The zero-order valence-corrected chi connectivity index (χ0v) is 13.5. The Kier molecular flexibility index (Phi) is 3.99. The van der Waals surface area contributed by atoms with Crippen LogP contribution in [0.3, 0.4) is 0 Å². The number of aryl methyl sites for hydroxylation is 1. The zero-order valence-electron chi connectivity index (χ0n) is 13.5. The average Bonchev–Trinajstić information content (AvgIpc) is 3.04. The molecule has 1 aliphatic carbocycles. The number of carbonyl (C=O) groups is 1. The highest BCUT2D eigenvalue weighted by atomic mass is 16.1. The molecule has 0 spiro atoms. The molecule has 2 heterocycles. The SMILES string of the molecule is O=C(NCCc1c[nH]c2ccccc12)c1ncnc2c1CCCC2. The van der Waals surface area contributed by atoms with Crippen molar-refractivity contribution in [3.8, 4) is 0 Å². The monoisotopic (exact) mass is 320 g/mol. The third-order valence-corrected chi connectivity index (χ3v) is 4.69. The number of aromatic amines is 1.